The summed E-state index contributed by atoms with van der Waals surface area (Å²) in [6.07, 6.45) is 0. The molecule has 1 saturated heterocycles. The normalized spacial score (nSPS) is 15.9. The number of carbonyl (C=O) groups is 1. The number of morpholine rings is 1. The Balaban J connectivity index is 1.61. The van der Waals surface area contributed by atoms with Gasteiger partial charge in [0.15, 0.2) is 6.61 Å². The summed E-state index contributed by atoms with van der Waals surface area (Å²) < 4.78 is 11.9. The molecule has 1 fully saturated rings. The molecular formula is C20H22BrClN2O3. The van der Waals surface area contributed by atoms with E-state index < -0.39 is 0 Å². The Morgan fingerprint density at radius 1 is 1.22 bits per heavy atom. The molecule has 1 aliphatic rings. The van der Waals surface area contributed by atoms with Crippen LogP contribution in [0.2, 0.25) is 5.02 Å². The third-order valence-electron chi connectivity index (χ3n) is 4.33. The van der Waals surface area contributed by atoms with Crippen LogP contribution in [-0.4, -0.2) is 50.3 Å². The maximum atomic E-state index is 12.5. The first-order chi connectivity index (χ1) is 13.1. The van der Waals surface area contributed by atoms with Gasteiger partial charge in [0.2, 0.25) is 0 Å². The van der Waals surface area contributed by atoms with Crippen LogP contribution in [0.4, 0.5) is 0 Å². The van der Waals surface area contributed by atoms with Crippen molar-refractivity contribution in [2.24, 2.45) is 0 Å². The molecule has 0 bridgehead atoms. The SMILES string of the molecule is O=C(COc1ccc(Br)cc1Cl)NC(CN1CCOCC1)c1ccccc1. The first kappa shape index (κ1) is 20.1. The number of nitrogens with zero attached hydrogens (tertiary/aromatic N) is 1. The summed E-state index contributed by atoms with van der Waals surface area (Å²) in [5, 5.41) is 3.55. The summed E-state index contributed by atoms with van der Waals surface area (Å²) in [7, 11) is 0. The Hall–Kier alpha value is -1.60. The van der Waals surface area contributed by atoms with Crippen molar-refractivity contribution in [3.63, 3.8) is 0 Å². The second-order valence-corrected chi connectivity index (χ2v) is 7.63. The fraction of sp³-hybridized carbons (Fsp3) is 0.350. The Morgan fingerprint density at radius 2 is 1.96 bits per heavy atom. The number of hydrogen-bond acceptors (Lipinski definition) is 4. The second-order valence-electron chi connectivity index (χ2n) is 6.31. The largest absolute Gasteiger partial charge is 0.482 e. The van der Waals surface area contributed by atoms with Gasteiger partial charge in [-0.25, -0.2) is 0 Å². The molecule has 1 N–H and O–H groups in total. The molecule has 27 heavy (non-hydrogen) atoms. The van der Waals surface area contributed by atoms with Crippen LogP contribution >= 0.6 is 27.5 Å². The number of nitrogens with one attached hydrogen (secondary N) is 1. The van der Waals surface area contributed by atoms with Crippen LogP contribution in [0.15, 0.2) is 53.0 Å². The molecule has 7 heteroatoms. The molecule has 0 aromatic heterocycles. The monoisotopic (exact) mass is 452 g/mol. The Labute approximate surface area is 172 Å². The molecule has 0 saturated carbocycles. The first-order valence-corrected chi connectivity index (χ1v) is 10.0. The topological polar surface area (TPSA) is 50.8 Å². The van der Waals surface area contributed by atoms with Gasteiger partial charge in [0.05, 0.1) is 24.3 Å². The van der Waals surface area contributed by atoms with Crippen LogP contribution in [0.3, 0.4) is 0 Å². The van der Waals surface area contributed by atoms with Crippen molar-refractivity contribution in [3.8, 4) is 5.75 Å². The number of rotatable bonds is 7. The lowest BCUT2D eigenvalue weighted by Gasteiger charge is -2.31. The summed E-state index contributed by atoms with van der Waals surface area (Å²) >= 11 is 9.49. The summed E-state index contributed by atoms with van der Waals surface area (Å²) in [5.41, 5.74) is 1.07. The smallest absolute Gasteiger partial charge is 0.258 e. The molecule has 0 spiro atoms. The van der Waals surface area contributed by atoms with Gasteiger partial charge in [-0.2, -0.15) is 0 Å². The molecule has 5 nitrogen and oxygen atoms in total. The van der Waals surface area contributed by atoms with E-state index in [4.69, 9.17) is 21.1 Å². The van der Waals surface area contributed by atoms with Crippen molar-refractivity contribution in [2.75, 3.05) is 39.5 Å². The van der Waals surface area contributed by atoms with Gasteiger partial charge < -0.3 is 14.8 Å². The fourth-order valence-electron chi connectivity index (χ4n) is 2.93. The van der Waals surface area contributed by atoms with E-state index in [0.717, 1.165) is 42.9 Å². The standard InChI is InChI=1S/C20H22BrClN2O3/c21-16-6-7-19(17(22)12-16)27-14-20(25)23-18(15-4-2-1-3-5-15)13-24-8-10-26-11-9-24/h1-7,12,18H,8-11,13-14H2,(H,23,25). The van der Waals surface area contributed by atoms with E-state index in [2.05, 4.69) is 26.1 Å². The highest BCUT2D eigenvalue weighted by molar-refractivity contribution is 9.10. The Bertz CT molecular complexity index is 754. The maximum absolute atomic E-state index is 12.5. The van der Waals surface area contributed by atoms with Crippen molar-refractivity contribution in [3.05, 3.63) is 63.6 Å². The molecule has 1 heterocycles. The number of hydrogen-bond donors (Lipinski definition) is 1. The predicted octanol–water partition coefficient (Wildman–Crippen LogP) is 3.67. The van der Waals surface area contributed by atoms with Crippen molar-refractivity contribution in [2.45, 2.75) is 6.04 Å². The highest BCUT2D eigenvalue weighted by Crippen LogP contribution is 2.27. The number of halogens is 2. The molecule has 0 radical (unpaired) electrons. The molecule has 2 aromatic rings. The summed E-state index contributed by atoms with van der Waals surface area (Å²) in [6.45, 7) is 3.82. The Morgan fingerprint density at radius 3 is 2.67 bits per heavy atom. The van der Waals surface area contributed by atoms with Crippen molar-refractivity contribution in [1.29, 1.82) is 0 Å². The van der Waals surface area contributed by atoms with Crippen LogP contribution in [0.25, 0.3) is 0 Å². The third kappa shape index (κ3) is 6.21. The maximum Gasteiger partial charge on any atom is 0.258 e. The number of amides is 1. The zero-order valence-corrected chi connectivity index (χ0v) is 17.2. The number of carbonyl (C=O) groups excluding carboxylic acids is 1. The highest BCUT2D eigenvalue weighted by atomic mass is 79.9. The van der Waals surface area contributed by atoms with Crippen molar-refractivity contribution in [1.82, 2.24) is 10.2 Å². The van der Waals surface area contributed by atoms with Crippen LogP contribution in [0, 0.1) is 0 Å². The van der Waals surface area contributed by atoms with Crippen LogP contribution in [-0.2, 0) is 9.53 Å². The van der Waals surface area contributed by atoms with Crippen LogP contribution in [0.1, 0.15) is 11.6 Å². The minimum Gasteiger partial charge on any atom is -0.482 e. The van der Waals surface area contributed by atoms with Gasteiger partial charge >= 0.3 is 0 Å². The quantitative estimate of drug-likeness (QED) is 0.695. The van der Waals surface area contributed by atoms with Gasteiger partial charge in [-0.3, -0.25) is 9.69 Å². The van der Waals surface area contributed by atoms with E-state index in [1.807, 2.05) is 36.4 Å². The lowest BCUT2D eigenvalue weighted by molar-refractivity contribution is -0.124. The van der Waals surface area contributed by atoms with E-state index in [1.165, 1.54) is 0 Å². The molecular weight excluding hydrogens is 432 g/mol. The second kappa shape index (κ2) is 10.1. The van der Waals surface area contributed by atoms with E-state index in [9.17, 15) is 4.79 Å². The molecule has 144 valence electrons. The van der Waals surface area contributed by atoms with E-state index in [0.29, 0.717) is 10.8 Å². The summed E-state index contributed by atoms with van der Waals surface area (Å²) in [5.74, 6) is 0.301. The van der Waals surface area contributed by atoms with Gasteiger partial charge in [-0.05, 0) is 23.8 Å². The predicted molar refractivity (Wildman–Crippen MR) is 109 cm³/mol. The lowest BCUT2D eigenvalue weighted by atomic mass is 10.1. The zero-order valence-electron chi connectivity index (χ0n) is 14.9. The van der Waals surface area contributed by atoms with Crippen LogP contribution in [0.5, 0.6) is 5.75 Å². The van der Waals surface area contributed by atoms with Gasteiger partial charge in [0.25, 0.3) is 5.91 Å². The molecule has 0 aliphatic carbocycles. The fourth-order valence-corrected chi connectivity index (χ4v) is 3.66. The average molecular weight is 454 g/mol. The molecule has 3 rings (SSSR count). The number of ether oxygens (including phenoxy) is 2. The molecule has 1 aliphatic heterocycles. The summed E-state index contributed by atoms with van der Waals surface area (Å²) in [6, 6.07) is 15.2. The molecule has 2 aromatic carbocycles. The van der Waals surface area contributed by atoms with E-state index >= 15 is 0 Å². The van der Waals surface area contributed by atoms with Crippen molar-refractivity contribution >= 4 is 33.4 Å². The van der Waals surface area contributed by atoms with E-state index in [1.54, 1.807) is 12.1 Å². The third-order valence-corrected chi connectivity index (χ3v) is 5.12. The first-order valence-electron chi connectivity index (χ1n) is 8.84. The molecule has 1 amide bonds. The lowest BCUT2D eigenvalue weighted by Crippen LogP contribution is -2.44. The van der Waals surface area contributed by atoms with Gasteiger partial charge in [0.1, 0.15) is 5.75 Å². The van der Waals surface area contributed by atoms with Gasteiger partial charge in [-0.1, -0.05) is 57.9 Å². The molecule has 1 atom stereocenters. The molecule has 1 unspecified atom stereocenters. The summed E-state index contributed by atoms with van der Waals surface area (Å²) in [4.78, 5) is 14.8. The number of benzene rings is 2. The minimum atomic E-state index is -0.184. The van der Waals surface area contributed by atoms with Gasteiger partial charge in [-0.15, -0.1) is 0 Å². The average Bonchev–Trinajstić information content (AvgIpc) is 2.68. The zero-order chi connectivity index (χ0) is 19.1. The van der Waals surface area contributed by atoms with Gasteiger partial charge in [0, 0.05) is 24.1 Å². The Kier molecular flexibility index (Phi) is 7.52. The van der Waals surface area contributed by atoms with E-state index in [-0.39, 0.29) is 18.6 Å². The van der Waals surface area contributed by atoms with Crippen LogP contribution < -0.4 is 10.1 Å². The minimum absolute atomic E-state index is 0.0895. The highest BCUT2D eigenvalue weighted by Gasteiger charge is 2.20. The van der Waals surface area contributed by atoms with Crippen molar-refractivity contribution < 1.29 is 14.3 Å².